The molecular formula is C11H17N3O2. The van der Waals surface area contributed by atoms with E-state index in [1.54, 1.807) is 30.2 Å². The summed E-state index contributed by atoms with van der Waals surface area (Å²) in [5, 5.41) is 0. The summed E-state index contributed by atoms with van der Waals surface area (Å²) < 4.78 is 4.94. The molecule has 0 saturated heterocycles. The van der Waals surface area contributed by atoms with Crippen molar-refractivity contribution in [2.24, 2.45) is 0 Å². The Morgan fingerprint density at radius 3 is 2.88 bits per heavy atom. The maximum Gasteiger partial charge on any atom is 0.272 e. The molecule has 0 radical (unpaired) electrons. The van der Waals surface area contributed by atoms with Crippen LogP contribution in [0.4, 0.5) is 5.82 Å². The van der Waals surface area contributed by atoms with Gasteiger partial charge < -0.3 is 15.4 Å². The number of aromatic nitrogens is 1. The molecule has 0 aliphatic heterocycles. The van der Waals surface area contributed by atoms with Crippen molar-refractivity contribution in [3.8, 4) is 0 Å². The van der Waals surface area contributed by atoms with Crippen LogP contribution in [0.15, 0.2) is 18.2 Å². The molecule has 1 rings (SSSR count). The predicted octanol–water partition coefficient (Wildman–Crippen LogP) is 0.772. The molecule has 0 aliphatic carbocycles. The van der Waals surface area contributed by atoms with E-state index in [9.17, 15) is 4.79 Å². The van der Waals surface area contributed by atoms with Crippen molar-refractivity contribution in [3.05, 3.63) is 23.9 Å². The molecule has 0 aromatic carbocycles. The first-order chi connectivity index (χ1) is 7.69. The predicted molar refractivity (Wildman–Crippen MR) is 62.1 cm³/mol. The molecule has 0 bridgehead atoms. The highest BCUT2D eigenvalue weighted by Gasteiger charge is 2.14. The topological polar surface area (TPSA) is 68.5 Å². The Bertz CT molecular complexity index is 355. The van der Waals surface area contributed by atoms with Crippen molar-refractivity contribution in [1.82, 2.24) is 9.88 Å². The van der Waals surface area contributed by atoms with E-state index in [4.69, 9.17) is 10.5 Å². The molecule has 0 fully saturated rings. The molecule has 5 heteroatoms. The minimum absolute atomic E-state index is 0.119. The van der Waals surface area contributed by atoms with Crippen LogP contribution in [0.5, 0.6) is 0 Å². The number of anilines is 1. The van der Waals surface area contributed by atoms with Crippen molar-refractivity contribution in [2.45, 2.75) is 6.92 Å². The zero-order valence-electron chi connectivity index (χ0n) is 9.64. The van der Waals surface area contributed by atoms with Crippen LogP contribution in [-0.2, 0) is 4.74 Å². The largest absolute Gasteiger partial charge is 0.384 e. The average Bonchev–Trinajstić information content (AvgIpc) is 2.29. The van der Waals surface area contributed by atoms with Gasteiger partial charge in [0.15, 0.2) is 0 Å². The molecule has 1 aromatic heterocycles. The van der Waals surface area contributed by atoms with E-state index in [2.05, 4.69) is 4.98 Å². The van der Waals surface area contributed by atoms with Crippen molar-refractivity contribution in [2.75, 3.05) is 32.5 Å². The van der Waals surface area contributed by atoms with E-state index in [1.165, 1.54) is 0 Å². The lowest BCUT2D eigenvalue weighted by atomic mass is 10.3. The summed E-state index contributed by atoms with van der Waals surface area (Å²) in [6.07, 6.45) is 0. The normalized spacial score (nSPS) is 10.1. The van der Waals surface area contributed by atoms with Crippen molar-refractivity contribution in [3.63, 3.8) is 0 Å². The molecule has 88 valence electrons. The van der Waals surface area contributed by atoms with E-state index in [1.807, 2.05) is 6.92 Å². The fourth-order valence-corrected chi connectivity index (χ4v) is 1.34. The number of rotatable bonds is 5. The Morgan fingerprint density at radius 1 is 1.56 bits per heavy atom. The SMILES string of the molecule is CCN(CCOC)C(=O)c1cccc(N)n1. The van der Waals surface area contributed by atoms with Gasteiger partial charge >= 0.3 is 0 Å². The van der Waals surface area contributed by atoms with Crippen LogP contribution in [0.25, 0.3) is 0 Å². The summed E-state index contributed by atoms with van der Waals surface area (Å²) in [7, 11) is 1.61. The number of pyridine rings is 1. The molecule has 0 atom stereocenters. The van der Waals surface area contributed by atoms with Gasteiger partial charge in [-0.2, -0.15) is 0 Å². The van der Waals surface area contributed by atoms with Gasteiger partial charge in [0.1, 0.15) is 11.5 Å². The van der Waals surface area contributed by atoms with Crippen LogP contribution in [0.3, 0.4) is 0 Å². The molecule has 1 heterocycles. The number of ether oxygens (including phenoxy) is 1. The zero-order valence-corrected chi connectivity index (χ0v) is 9.64. The molecule has 0 saturated carbocycles. The third-order valence-electron chi connectivity index (χ3n) is 2.22. The first kappa shape index (κ1) is 12.4. The number of carbonyl (C=O) groups is 1. The summed E-state index contributed by atoms with van der Waals surface area (Å²) >= 11 is 0. The van der Waals surface area contributed by atoms with Gasteiger partial charge in [0.25, 0.3) is 5.91 Å². The van der Waals surface area contributed by atoms with Crippen molar-refractivity contribution >= 4 is 11.7 Å². The smallest absolute Gasteiger partial charge is 0.272 e. The minimum Gasteiger partial charge on any atom is -0.384 e. The number of hydrogen-bond donors (Lipinski definition) is 1. The first-order valence-electron chi connectivity index (χ1n) is 5.19. The lowest BCUT2D eigenvalue weighted by molar-refractivity contribution is 0.0701. The summed E-state index contributed by atoms with van der Waals surface area (Å²) in [4.78, 5) is 17.7. The summed E-state index contributed by atoms with van der Waals surface area (Å²) in [6, 6.07) is 5.04. The number of hydrogen-bond acceptors (Lipinski definition) is 4. The van der Waals surface area contributed by atoms with Crippen LogP contribution in [0, 0.1) is 0 Å². The zero-order chi connectivity index (χ0) is 12.0. The summed E-state index contributed by atoms with van der Waals surface area (Å²) in [6.45, 7) is 3.61. The van der Waals surface area contributed by atoms with E-state index in [-0.39, 0.29) is 5.91 Å². The molecule has 0 aliphatic rings. The Morgan fingerprint density at radius 2 is 2.31 bits per heavy atom. The Hall–Kier alpha value is -1.62. The Kier molecular flexibility index (Phi) is 4.72. The maximum absolute atomic E-state index is 12.0. The van der Waals surface area contributed by atoms with Gasteiger partial charge in [-0.05, 0) is 19.1 Å². The second kappa shape index (κ2) is 6.07. The van der Waals surface area contributed by atoms with Crippen molar-refractivity contribution in [1.29, 1.82) is 0 Å². The molecule has 1 aromatic rings. The second-order valence-corrected chi connectivity index (χ2v) is 3.33. The van der Waals surface area contributed by atoms with E-state index in [0.29, 0.717) is 31.2 Å². The number of likely N-dealkylation sites (N-methyl/N-ethyl adjacent to an activating group) is 1. The summed E-state index contributed by atoms with van der Waals surface area (Å²) in [5.41, 5.74) is 5.90. The molecule has 2 N–H and O–H groups in total. The number of nitrogens with zero attached hydrogens (tertiary/aromatic N) is 2. The van der Waals surface area contributed by atoms with Gasteiger partial charge in [-0.15, -0.1) is 0 Å². The lowest BCUT2D eigenvalue weighted by Gasteiger charge is -2.19. The lowest BCUT2D eigenvalue weighted by Crippen LogP contribution is -2.34. The molecule has 16 heavy (non-hydrogen) atoms. The third-order valence-corrected chi connectivity index (χ3v) is 2.22. The van der Waals surface area contributed by atoms with E-state index < -0.39 is 0 Å². The molecule has 0 spiro atoms. The average molecular weight is 223 g/mol. The highest BCUT2D eigenvalue weighted by atomic mass is 16.5. The quantitative estimate of drug-likeness (QED) is 0.800. The monoisotopic (exact) mass is 223 g/mol. The third kappa shape index (κ3) is 3.20. The van der Waals surface area contributed by atoms with Gasteiger partial charge in [-0.25, -0.2) is 4.98 Å². The molecule has 1 amide bonds. The highest BCUT2D eigenvalue weighted by molar-refractivity contribution is 5.92. The van der Waals surface area contributed by atoms with Gasteiger partial charge in [0.2, 0.25) is 0 Å². The van der Waals surface area contributed by atoms with E-state index >= 15 is 0 Å². The summed E-state index contributed by atoms with van der Waals surface area (Å²) in [5.74, 6) is 0.237. The standard InChI is InChI=1S/C11H17N3O2/c1-3-14(7-8-16-2)11(15)9-5-4-6-10(12)13-9/h4-6H,3,7-8H2,1-2H3,(H2,12,13). The molecular weight excluding hydrogens is 206 g/mol. The molecule has 0 unspecified atom stereocenters. The van der Waals surface area contributed by atoms with Crippen LogP contribution >= 0.6 is 0 Å². The van der Waals surface area contributed by atoms with Crippen LogP contribution in [0.2, 0.25) is 0 Å². The van der Waals surface area contributed by atoms with E-state index in [0.717, 1.165) is 0 Å². The highest BCUT2D eigenvalue weighted by Crippen LogP contribution is 2.04. The van der Waals surface area contributed by atoms with Crippen LogP contribution < -0.4 is 5.73 Å². The number of carbonyl (C=O) groups excluding carboxylic acids is 1. The number of nitrogen functional groups attached to an aromatic ring is 1. The molecule has 5 nitrogen and oxygen atoms in total. The second-order valence-electron chi connectivity index (χ2n) is 3.33. The number of amides is 1. The maximum atomic E-state index is 12.0. The van der Waals surface area contributed by atoms with Crippen LogP contribution in [0.1, 0.15) is 17.4 Å². The minimum atomic E-state index is -0.119. The van der Waals surface area contributed by atoms with Crippen LogP contribution in [-0.4, -0.2) is 42.6 Å². The Balaban J connectivity index is 2.74. The van der Waals surface area contributed by atoms with Gasteiger partial charge in [-0.1, -0.05) is 6.07 Å². The van der Waals surface area contributed by atoms with Gasteiger partial charge in [0, 0.05) is 20.2 Å². The van der Waals surface area contributed by atoms with Gasteiger partial charge in [-0.3, -0.25) is 4.79 Å². The first-order valence-corrected chi connectivity index (χ1v) is 5.19. The Labute approximate surface area is 95.2 Å². The fourth-order valence-electron chi connectivity index (χ4n) is 1.34. The number of methoxy groups -OCH3 is 1. The fraction of sp³-hybridized carbons (Fsp3) is 0.455. The van der Waals surface area contributed by atoms with Gasteiger partial charge in [0.05, 0.1) is 6.61 Å². The van der Waals surface area contributed by atoms with Crippen molar-refractivity contribution < 1.29 is 9.53 Å². The number of nitrogens with two attached hydrogens (primary N) is 1.